The van der Waals surface area contributed by atoms with Gasteiger partial charge in [0.1, 0.15) is 18.8 Å². The van der Waals surface area contributed by atoms with Crippen LogP contribution in [0, 0.1) is 0 Å². The van der Waals surface area contributed by atoms with Crippen LogP contribution in [0.15, 0.2) is 45.0 Å². The standard InChI is InChI=1S/C19H24N4O3/c1-2-15(21-22-11-7-4-8-12-22)16-17(24)20-19(26)23(18(16)25)13-14-9-5-3-6-10-14/h3,5-6,9-10,25H,2,4,7-8,11-13H2,1H3,(H,20,24,26). The van der Waals surface area contributed by atoms with Gasteiger partial charge in [-0.2, -0.15) is 0 Å². The van der Waals surface area contributed by atoms with E-state index in [0.29, 0.717) is 12.1 Å². The molecule has 1 aromatic carbocycles. The summed E-state index contributed by atoms with van der Waals surface area (Å²) in [5, 5.41) is 18.6. The summed E-state index contributed by atoms with van der Waals surface area (Å²) < 4.78 is 1.07. The van der Waals surface area contributed by atoms with Crippen molar-refractivity contribution in [1.82, 2.24) is 9.55 Å². The van der Waals surface area contributed by atoms with Crippen molar-refractivity contribution < 1.29 is 10.1 Å². The van der Waals surface area contributed by atoms with E-state index in [1.54, 1.807) is 0 Å². The van der Waals surface area contributed by atoms with Gasteiger partial charge >= 0.3 is 5.69 Å². The number of piperidine rings is 1. The van der Waals surface area contributed by atoms with Crippen LogP contribution in [0.1, 0.15) is 43.7 Å². The Bertz CT molecular complexity index is 893. The van der Waals surface area contributed by atoms with Gasteiger partial charge in [-0.1, -0.05) is 42.4 Å². The molecule has 0 saturated carbocycles. The summed E-state index contributed by atoms with van der Waals surface area (Å²) in [5.74, 6) is -0.570. The van der Waals surface area contributed by atoms with Crippen molar-refractivity contribution in [3.8, 4) is 5.88 Å². The van der Waals surface area contributed by atoms with Gasteiger partial charge in [0, 0.05) is 0 Å². The van der Waals surface area contributed by atoms with Gasteiger partial charge in [0.05, 0.1) is 12.1 Å². The molecule has 3 rings (SSSR count). The molecule has 1 fully saturated rings. The van der Waals surface area contributed by atoms with Crippen LogP contribution in [0.5, 0.6) is 5.88 Å². The van der Waals surface area contributed by atoms with Crippen LogP contribution in [-0.4, -0.2) is 28.4 Å². The molecule has 26 heavy (non-hydrogen) atoms. The maximum Gasteiger partial charge on any atom is 0.328 e. The van der Waals surface area contributed by atoms with Crippen LogP contribution >= 0.6 is 0 Å². The first-order chi connectivity index (χ1) is 12.6. The number of benzene rings is 1. The number of H-pyrrole nitrogens is 1. The predicted octanol–water partition coefficient (Wildman–Crippen LogP) is -0.159. The molecule has 0 bridgehead atoms. The quantitative estimate of drug-likeness (QED) is 0.729. The van der Waals surface area contributed by atoms with Gasteiger partial charge in [0.15, 0.2) is 0 Å². The average molecular weight is 356 g/mol. The van der Waals surface area contributed by atoms with Crippen LogP contribution < -0.4 is 21.4 Å². The predicted molar refractivity (Wildman–Crippen MR) is 97.7 cm³/mol. The van der Waals surface area contributed by atoms with Crippen LogP contribution in [0.3, 0.4) is 0 Å². The molecule has 0 atom stereocenters. The van der Waals surface area contributed by atoms with Gasteiger partial charge in [-0.15, -0.1) is 0 Å². The van der Waals surface area contributed by atoms with Crippen molar-refractivity contribution in [2.75, 3.05) is 13.1 Å². The topological polar surface area (TPSA) is 94.7 Å². The largest absolute Gasteiger partial charge is 0.859 e. The molecule has 1 aliphatic rings. The second kappa shape index (κ2) is 8.14. The fourth-order valence-corrected chi connectivity index (χ4v) is 3.29. The highest BCUT2D eigenvalue weighted by Crippen LogP contribution is 2.12. The molecule has 1 aromatic heterocycles. The van der Waals surface area contributed by atoms with Crippen molar-refractivity contribution in [1.29, 1.82) is 0 Å². The Balaban J connectivity index is 2.03. The molecule has 7 nitrogen and oxygen atoms in total. The molecule has 138 valence electrons. The number of rotatable bonds is 5. The molecule has 7 heteroatoms. The van der Waals surface area contributed by atoms with E-state index in [1.165, 1.54) is 6.42 Å². The first-order valence-corrected chi connectivity index (χ1v) is 9.11. The molecule has 2 N–H and O–H groups in total. The third-order valence-corrected chi connectivity index (χ3v) is 4.68. The molecule has 0 radical (unpaired) electrons. The number of quaternary nitrogens is 1. The fourth-order valence-electron chi connectivity index (χ4n) is 3.29. The summed E-state index contributed by atoms with van der Waals surface area (Å²) in [6.45, 7) is 3.79. The molecule has 1 saturated heterocycles. The van der Waals surface area contributed by atoms with E-state index in [9.17, 15) is 14.7 Å². The van der Waals surface area contributed by atoms with E-state index in [1.807, 2.05) is 37.3 Å². The zero-order valence-corrected chi connectivity index (χ0v) is 15.0. The van der Waals surface area contributed by atoms with Crippen LogP contribution in [0.2, 0.25) is 0 Å². The molecule has 0 unspecified atom stereocenters. The highest BCUT2D eigenvalue weighted by atomic mass is 16.3. The molecular formula is C19H24N4O3. The van der Waals surface area contributed by atoms with E-state index in [0.717, 1.165) is 41.1 Å². The molecule has 2 aromatic rings. The first kappa shape index (κ1) is 18.1. The number of hydrogen-bond acceptors (Lipinski definition) is 4. The SMILES string of the molecule is CCC(=N[NH+]1CCCCC1)c1c([O-])n(Cc2ccccc2)c(=O)[nH]c1=O. The monoisotopic (exact) mass is 356 g/mol. The summed E-state index contributed by atoms with van der Waals surface area (Å²) in [6, 6.07) is 9.23. The van der Waals surface area contributed by atoms with Crippen molar-refractivity contribution in [3.05, 3.63) is 62.3 Å². The van der Waals surface area contributed by atoms with E-state index in [-0.39, 0.29) is 12.1 Å². The molecule has 1 aliphatic heterocycles. The summed E-state index contributed by atoms with van der Waals surface area (Å²) >= 11 is 0. The fraction of sp³-hybridized carbons (Fsp3) is 0.421. The third-order valence-electron chi connectivity index (χ3n) is 4.68. The Kier molecular flexibility index (Phi) is 5.68. The second-order valence-electron chi connectivity index (χ2n) is 6.55. The maximum atomic E-state index is 12.9. The lowest BCUT2D eigenvalue weighted by atomic mass is 10.1. The normalized spacial score (nSPS) is 16.0. The van der Waals surface area contributed by atoms with Gasteiger partial charge in [0.25, 0.3) is 5.56 Å². The Morgan fingerprint density at radius 3 is 2.54 bits per heavy atom. The van der Waals surface area contributed by atoms with Crippen molar-refractivity contribution in [2.45, 2.75) is 39.2 Å². The smallest absolute Gasteiger partial charge is 0.328 e. The van der Waals surface area contributed by atoms with Gasteiger partial charge in [-0.05, 0) is 37.1 Å². The zero-order valence-electron chi connectivity index (χ0n) is 15.0. The number of aromatic amines is 1. The van der Waals surface area contributed by atoms with Crippen LogP contribution in [0.25, 0.3) is 0 Å². The van der Waals surface area contributed by atoms with Gasteiger partial charge in [0.2, 0.25) is 0 Å². The first-order valence-electron chi connectivity index (χ1n) is 9.11. The lowest BCUT2D eigenvalue weighted by molar-refractivity contribution is -0.911. The molecule has 2 heterocycles. The van der Waals surface area contributed by atoms with E-state index >= 15 is 0 Å². The van der Waals surface area contributed by atoms with E-state index in [4.69, 9.17) is 0 Å². The van der Waals surface area contributed by atoms with Crippen LogP contribution in [0.4, 0.5) is 0 Å². The second-order valence-corrected chi connectivity index (χ2v) is 6.55. The molecule has 0 aliphatic carbocycles. The minimum absolute atomic E-state index is 0.0129. The lowest BCUT2D eigenvalue weighted by Gasteiger charge is -2.22. The third kappa shape index (κ3) is 3.94. The number of hydrogen-bond donors (Lipinski definition) is 2. The van der Waals surface area contributed by atoms with E-state index < -0.39 is 17.1 Å². The Morgan fingerprint density at radius 1 is 1.19 bits per heavy atom. The Hall–Kier alpha value is -2.67. The van der Waals surface area contributed by atoms with Crippen molar-refractivity contribution in [2.24, 2.45) is 5.10 Å². The average Bonchev–Trinajstić information content (AvgIpc) is 2.66. The van der Waals surface area contributed by atoms with Gasteiger partial charge < -0.3 is 9.67 Å². The zero-order chi connectivity index (χ0) is 18.5. The van der Waals surface area contributed by atoms with Crippen LogP contribution in [-0.2, 0) is 6.54 Å². The number of nitrogens with one attached hydrogen (secondary N) is 2. The summed E-state index contributed by atoms with van der Waals surface area (Å²) in [4.78, 5) is 26.8. The number of aromatic nitrogens is 2. The van der Waals surface area contributed by atoms with Gasteiger partial charge in [-0.3, -0.25) is 9.78 Å². The Labute approximate surface area is 151 Å². The molecule has 0 amide bonds. The molecule has 0 spiro atoms. The summed E-state index contributed by atoms with van der Waals surface area (Å²) in [5.41, 5.74) is -0.0629. The Morgan fingerprint density at radius 2 is 1.88 bits per heavy atom. The van der Waals surface area contributed by atoms with Gasteiger partial charge in [-0.25, -0.2) is 9.80 Å². The van der Waals surface area contributed by atoms with Crippen molar-refractivity contribution in [3.63, 3.8) is 0 Å². The minimum Gasteiger partial charge on any atom is -0.859 e. The minimum atomic E-state index is -0.687. The summed E-state index contributed by atoms with van der Waals surface area (Å²) in [7, 11) is 0. The number of nitrogens with zero attached hydrogens (tertiary/aromatic N) is 2. The highest BCUT2D eigenvalue weighted by Gasteiger charge is 2.18. The lowest BCUT2D eigenvalue weighted by Crippen LogP contribution is -3.08. The molecular weight excluding hydrogens is 332 g/mol. The summed E-state index contributed by atoms with van der Waals surface area (Å²) in [6.07, 6.45) is 3.83. The highest BCUT2D eigenvalue weighted by molar-refractivity contribution is 6.01. The maximum absolute atomic E-state index is 12.9. The van der Waals surface area contributed by atoms with Crippen molar-refractivity contribution >= 4 is 5.71 Å². The van der Waals surface area contributed by atoms with E-state index in [2.05, 4.69) is 10.1 Å².